The van der Waals surface area contributed by atoms with Gasteiger partial charge in [-0.3, -0.25) is 28.8 Å². The molecule has 1 N–H and O–H groups in total. The van der Waals surface area contributed by atoms with Crippen LogP contribution in [0, 0.1) is 36.0 Å². The Hall–Kier alpha value is -4.80. The number of hydrogen-bond donors (Lipinski definition) is 1. The lowest BCUT2D eigenvalue weighted by atomic mass is 9.51. The summed E-state index contributed by atoms with van der Waals surface area (Å²) in [5.41, 5.74) is 1.73. The Morgan fingerprint density at radius 2 is 1.72 bits per heavy atom. The zero-order valence-corrected chi connectivity index (χ0v) is 29.4. The number of thiophene rings is 1. The van der Waals surface area contributed by atoms with Crippen LogP contribution in [0.25, 0.3) is 31.4 Å². The number of hydrogen-bond acceptors (Lipinski definition) is 7. The largest absolute Gasteiger partial charge is 0.508 e. The Morgan fingerprint density at radius 3 is 2.52 bits per heavy atom. The summed E-state index contributed by atoms with van der Waals surface area (Å²) in [6, 6.07) is 18.7. The zero-order chi connectivity index (χ0) is 35.0. The molecular weight excluding hydrogens is 672 g/mol. The van der Waals surface area contributed by atoms with Gasteiger partial charge in [-0.25, -0.2) is 4.90 Å². The number of amides is 4. The molecule has 252 valence electrons. The van der Waals surface area contributed by atoms with Gasteiger partial charge in [0, 0.05) is 41.4 Å². The van der Waals surface area contributed by atoms with Crippen LogP contribution in [0.5, 0.6) is 5.75 Å². The minimum absolute atomic E-state index is 0.0187. The number of halogens is 1. The lowest BCUT2D eigenvalue weighted by Gasteiger charge is -2.49. The number of benzene rings is 3. The van der Waals surface area contributed by atoms with Crippen LogP contribution >= 0.6 is 22.9 Å². The van der Waals surface area contributed by atoms with Gasteiger partial charge < -0.3 is 5.11 Å². The highest BCUT2D eigenvalue weighted by molar-refractivity contribution is 7.22. The average molecular weight is 705 g/mol. The van der Waals surface area contributed by atoms with E-state index in [0.717, 1.165) is 36.9 Å². The fraction of sp³-hybridized carbons (Fsp3) is 0.308. The first kappa shape index (κ1) is 31.2. The zero-order valence-electron chi connectivity index (χ0n) is 27.8. The van der Waals surface area contributed by atoms with Crippen LogP contribution in [-0.2, 0) is 26.2 Å². The van der Waals surface area contributed by atoms with Crippen LogP contribution in [0.4, 0.5) is 5.82 Å². The van der Waals surface area contributed by atoms with Gasteiger partial charge in [0.05, 0.1) is 28.0 Å². The molecule has 0 bridgehead atoms. The molecule has 9 nitrogen and oxygen atoms in total. The van der Waals surface area contributed by atoms with Gasteiger partial charge in [-0.1, -0.05) is 53.6 Å². The average Bonchev–Trinajstić information content (AvgIpc) is 3.76. The van der Waals surface area contributed by atoms with Crippen LogP contribution in [0.2, 0.25) is 5.02 Å². The molecule has 4 heterocycles. The van der Waals surface area contributed by atoms with Crippen molar-refractivity contribution < 1.29 is 24.3 Å². The van der Waals surface area contributed by atoms with E-state index in [-0.39, 0.29) is 35.8 Å². The molecule has 6 unspecified atom stereocenters. The highest BCUT2D eigenvalue weighted by Gasteiger charge is 2.68. The van der Waals surface area contributed by atoms with Crippen molar-refractivity contribution in [2.24, 2.45) is 36.1 Å². The molecule has 9 rings (SSSR count). The Balaban J connectivity index is 1.22. The standard InChI is InChI=1S/C39H33ClN4O5S/c1-18-24-15-20(40)10-14-29(24)50-34(18)27-17-30(43(4)41-27)44-36(47)26-16-25-22(11-12-23-31(25)37(48)42(3)35(23)46)33(39(26,2)38(44)49)32-21-8-6-5-7-19(21)9-13-28(32)45/h5-11,13-15,17,23,25-26,31,33,45H,12,16H2,1-4H3. The van der Waals surface area contributed by atoms with Crippen molar-refractivity contribution in [1.82, 2.24) is 14.7 Å². The summed E-state index contributed by atoms with van der Waals surface area (Å²) in [4.78, 5) is 60.2. The monoisotopic (exact) mass is 704 g/mol. The molecule has 2 aliphatic carbocycles. The number of likely N-dealkylation sites (tertiary alicyclic amines) is 1. The summed E-state index contributed by atoms with van der Waals surface area (Å²) in [7, 11) is 3.24. The summed E-state index contributed by atoms with van der Waals surface area (Å²) in [5.74, 6) is -4.02. The van der Waals surface area contributed by atoms with Gasteiger partial charge in [-0.2, -0.15) is 5.10 Å². The summed E-state index contributed by atoms with van der Waals surface area (Å²) in [6.45, 7) is 3.84. The Bertz CT molecular complexity index is 2410. The number of phenolic OH excluding ortho intramolecular Hbond substituents is 1. The van der Waals surface area contributed by atoms with E-state index in [0.29, 0.717) is 28.5 Å². The van der Waals surface area contributed by atoms with E-state index in [4.69, 9.17) is 16.7 Å². The number of aromatic nitrogens is 2. The van der Waals surface area contributed by atoms with Crippen LogP contribution in [0.1, 0.15) is 36.8 Å². The lowest BCUT2D eigenvalue weighted by Crippen LogP contribution is -2.49. The fourth-order valence-electron chi connectivity index (χ4n) is 9.50. The molecule has 1 saturated carbocycles. The van der Waals surface area contributed by atoms with E-state index < -0.39 is 35.0 Å². The van der Waals surface area contributed by atoms with Crippen molar-refractivity contribution in [1.29, 1.82) is 0 Å². The molecule has 4 amide bonds. The topological polar surface area (TPSA) is 113 Å². The van der Waals surface area contributed by atoms with Crippen molar-refractivity contribution in [3.63, 3.8) is 0 Å². The number of phenols is 1. The molecule has 3 aromatic carbocycles. The number of aromatic hydroxyl groups is 1. The quantitative estimate of drug-likeness (QED) is 0.160. The molecule has 2 aromatic heterocycles. The van der Waals surface area contributed by atoms with E-state index in [2.05, 4.69) is 0 Å². The predicted octanol–water partition coefficient (Wildman–Crippen LogP) is 6.98. The van der Waals surface area contributed by atoms with Gasteiger partial charge in [0.1, 0.15) is 17.3 Å². The van der Waals surface area contributed by atoms with Crippen molar-refractivity contribution in [2.75, 3.05) is 11.9 Å². The minimum atomic E-state index is -1.31. The maximum absolute atomic E-state index is 15.1. The highest BCUT2D eigenvalue weighted by atomic mass is 35.5. The van der Waals surface area contributed by atoms with Crippen LogP contribution in [0.15, 0.2) is 72.3 Å². The number of carbonyl (C=O) groups is 4. The molecule has 4 aliphatic rings. The number of carbonyl (C=O) groups excluding carboxylic acids is 4. The molecule has 6 atom stereocenters. The van der Waals surface area contributed by atoms with Crippen molar-refractivity contribution >= 4 is 73.2 Å². The van der Waals surface area contributed by atoms with Gasteiger partial charge in [-0.15, -0.1) is 11.3 Å². The first-order chi connectivity index (χ1) is 23.9. The summed E-state index contributed by atoms with van der Waals surface area (Å²) in [5, 5.41) is 19.7. The Kier molecular flexibility index (Phi) is 6.62. The summed E-state index contributed by atoms with van der Waals surface area (Å²) in [6.07, 6.45) is 2.59. The summed E-state index contributed by atoms with van der Waals surface area (Å²) >= 11 is 7.88. The van der Waals surface area contributed by atoms with Crippen LogP contribution in [-0.4, -0.2) is 50.5 Å². The second-order valence-electron chi connectivity index (χ2n) is 14.3. The number of aryl methyl sites for hydroxylation is 2. The van der Waals surface area contributed by atoms with Crippen molar-refractivity contribution in [3.05, 3.63) is 88.5 Å². The number of imide groups is 2. The van der Waals surface area contributed by atoms with Gasteiger partial charge >= 0.3 is 0 Å². The maximum Gasteiger partial charge on any atom is 0.242 e. The number of rotatable bonds is 3. The molecule has 50 heavy (non-hydrogen) atoms. The molecule has 2 saturated heterocycles. The second kappa shape index (κ2) is 10.6. The third-order valence-electron chi connectivity index (χ3n) is 11.9. The third-order valence-corrected chi connectivity index (χ3v) is 13.5. The van der Waals surface area contributed by atoms with E-state index >= 15 is 4.79 Å². The molecule has 5 aromatic rings. The highest BCUT2D eigenvalue weighted by Crippen LogP contribution is 2.65. The van der Waals surface area contributed by atoms with Gasteiger partial charge in [-0.05, 0) is 78.6 Å². The summed E-state index contributed by atoms with van der Waals surface area (Å²) < 4.78 is 2.63. The molecule has 0 spiro atoms. The van der Waals surface area contributed by atoms with E-state index in [1.54, 1.807) is 35.2 Å². The number of nitrogens with zero attached hydrogens (tertiary/aromatic N) is 4. The first-order valence-corrected chi connectivity index (χ1v) is 17.9. The Labute approximate surface area is 296 Å². The van der Waals surface area contributed by atoms with Gasteiger partial charge in [0.25, 0.3) is 0 Å². The maximum atomic E-state index is 15.1. The minimum Gasteiger partial charge on any atom is -0.508 e. The lowest BCUT2D eigenvalue weighted by molar-refractivity contribution is -0.138. The molecule has 11 heteroatoms. The SMILES string of the molecule is Cc1c(-c2cc(N3C(=O)C4CC5C(=CCC6C(=O)N(C)C(=O)C65)C(c5c(O)ccc6ccccc56)C4(C)C3=O)n(C)n2)sc2ccc(Cl)cc12. The van der Waals surface area contributed by atoms with E-state index in [1.807, 2.05) is 68.5 Å². The van der Waals surface area contributed by atoms with E-state index in [1.165, 1.54) is 16.8 Å². The number of anilines is 1. The van der Waals surface area contributed by atoms with Gasteiger partial charge in [0.2, 0.25) is 23.6 Å². The Morgan fingerprint density at radius 1 is 0.940 bits per heavy atom. The first-order valence-electron chi connectivity index (χ1n) is 16.7. The predicted molar refractivity (Wildman–Crippen MR) is 192 cm³/mol. The normalized spacial score (nSPS) is 27.7. The van der Waals surface area contributed by atoms with Crippen molar-refractivity contribution in [2.45, 2.75) is 32.6 Å². The number of allylic oxidation sites excluding steroid dienone is 2. The smallest absolute Gasteiger partial charge is 0.242 e. The van der Waals surface area contributed by atoms with Crippen LogP contribution < -0.4 is 4.90 Å². The molecule has 0 radical (unpaired) electrons. The van der Waals surface area contributed by atoms with Crippen molar-refractivity contribution in [3.8, 4) is 16.3 Å². The molecule has 3 fully saturated rings. The van der Waals surface area contributed by atoms with Crippen LogP contribution in [0.3, 0.4) is 0 Å². The number of fused-ring (bicyclic) bond motifs is 6. The third kappa shape index (κ3) is 3.97. The molecular formula is C39H33ClN4O5S. The van der Waals surface area contributed by atoms with E-state index in [9.17, 15) is 19.5 Å². The fourth-order valence-corrected chi connectivity index (χ4v) is 10.8. The molecule has 2 aliphatic heterocycles. The second-order valence-corrected chi connectivity index (χ2v) is 15.8. The van der Waals surface area contributed by atoms with Gasteiger partial charge in [0.15, 0.2) is 0 Å².